The summed E-state index contributed by atoms with van der Waals surface area (Å²) in [5.41, 5.74) is 0.381. The summed E-state index contributed by atoms with van der Waals surface area (Å²) in [5.74, 6) is 1.37. The van der Waals surface area contributed by atoms with Crippen LogP contribution in [0.1, 0.15) is 58.3 Å². The number of rotatable bonds is 1. The van der Waals surface area contributed by atoms with Crippen LogP contribution < -0.4 is 0 Å². The molecule has 0 amide bonds. The molecule has 1 heteroatoms. The van der Waals surface area contributed by atoms with Crippen LogP contribution in [0.3, 0.4) is 0 Å². The van der Waals surface area contributed by atoms with Crippen LogP contribution in [0.25, 0.3) is 0 Å². The third kappa shape index (κ3) is 1.79. The van der Waals surface area contributed by atoms with E-state index >= 15 is 0 Å². The van der Waals surface area contributed by atoms with Crippen LogP contribution >= 0.6 is 0 Å². The molecule has 13 heavy (non-hydrogen) atoms. The Labute approximate surface area is 80.9 Å². The Balaban J connectivity index is 2.04. The summed E-state index contributed by atoms with van der Waals surface area (Å²) in [6.45, 7) is 2.35. The van der Waals surface area contributed by atoms with E-state index < -0.39 is 0 Å². The van der Waals surface area contributed by atoms with Crippen LogP contribution in [0.4, 0.5) is 0 Å². The maximum atomic E-state index is 11.4. The van der Waals surface area contributed by atoms with Crippen LogP contribution in [0.2, 0.25) is 0 Å². The Morgan fingerprint density at radius 2 is 1.92 bits per heavy atom. The highest BCUT2D eigenvalue weighted by Crippen LogP contribution is 2.47. The van der Waals surface area contributed by atoms with Gasteiger partial charge in [0.2, 0.25) is 0 Å². The average molecular weight is 180 g/mol. The summed E-state index contributed by atoms with van der Waals surface area (Å²) in [7, 11) is 0. The lowest BCUT2D eigenvalue weighted by molar-refractivity contribution is -0.124. The lowest BCUT2D eigenvalue weighted by atomic mass is 9.66. The lowest BCUT2D eigenvalue weighted by Crippen LogP contribution is -2.32. The topological polar surface area (TPSA) is 17.1 Å². The van der Waals surface area contributed by atoms with Crippen molar-refractivity contribution in [3.8, 4) is 0 Å². The van der Waals surface area contributed by atoms with Gasteiger partial charge >= 0.3 is 0 Å². The summed E-state index contributed by atoms with van der Waals surface area (Å²) in [4.78, 5) is 11.4. The molecule has 0 spiro atoms. The highest BCUT2D eigenvalue weighted by atomic mass is 16.1. The van der Waals surface area contributed by atoms with Gasteiger partial charge in [-0.25, -0.2) is 0 Å². The van der Waals surface area contributed by atoms with E-state index in [9.17, 15) is 4.79 Å². The van der Waals surface area contributed by atoms with Gasteiger partial charge in [-0.15, -0.1) is 0 Å². The monoisotopic (exact) mass is 180 g/mol. The highest BCUT2D eigenvalue weighted by Gasteiger charge is 2.39. The zero-order chi connectivity index (χ0) is 9.31. The fourth-order valence-corrected chi connectivity index (χ4v) is 3.29. The summed E-state index contributed by atoms with van der Waals surface area (Å²) in [6.07, 6.45) is 9.71. The Hall–Kier alpha value is -0.330. The van der Waals surface area contributed by atoms with Crippen LogP contribution in [-0.2, 0) is 4.79 Å². The first-order chi connectivity index (χ1) is 6.21. The van der Waals surface area contributed by atoms with E-state index in [-0.39, 0.29) is 0 Å². The summed E-state index contributed by atoms with van der Waals surface area (Å²) >= 11 is 0. The largest absolute Gasteiger partial charge is 0.300 e. The molecule has 0 aromatic carbocycles. The molecular weight excluding hydrogens is 160 g/mol. The molecule has 0 saturated heterocycles. The van der Waals surface area contributed by atoms with Crippen molar-refractivity contribution in [3.05, 3.63) is 0 Å². The molecule has 0 bridgehead atoms. The van der Waals surface area contributed by atoms with E-state index in [1.165, 1.54) is 32.1 Å². The fraction of sp³-hybridized carbons (Fsp3) is 0.917. The van der Waals surface area contributed by atoms with E-state index in [2.05, 4.69) is 6.92 Å². The third-order valence-corrected chi connectivity index (χ3v) is 4.15. The predicted octanol–water partition coefficient (Wildman–Crippen LogP) is 3.33. The van der Waals surface area contributed by atoms with E-state index in [1.807, 2.05) is 0 Å². The maximum absolute atomic E-state index is 11.4. The average Bonchev–Trinajstić information content (AvgIpc) is 2.55. The zero-order valence-corrected chi connectivity index (χ0v) is 8.64. The number of Topliss-reactive ketones (excluding diaryl/α,β-unsaturated/α-hetero) is 1. The quantitative estimate of drug-likeness (QED) is 0.605. The fourth-order valence-electron chi connectivity index (χ4n) is 3.29. The van der Waals surface area contributed by atoms with Crippen LogP contribution in [0, 0.1) is 11.3 Å². The first-order valence-electron chi connectivity index (χ1n) is 5.72. The normalized spacial score (nSPS) is 36.8. The molecule has 2 saturated carbocycles. The Morgan fingerprint density at radius 3 is 2.54 bits per heavy atom. The molecular formula is C12H20O. The second kappa shape index (κ2) is 3.43. The highest BCUT2D eigenvalue weighted by molar-refractivity contribution is 5.79. The number of carbonyl (C=O) groups excluding carboxylic acids is 1. The third-order valence-electron chi connectivity index (χ3n) is 4.15. The van der Waals surface area contributed by atoms with Gasteiger partial charge in [0.1, 0.15) is 5.78 Å². The zero-order valence-electron chi connectivity index (χ0n) is 8.64. The maximum Gasteiger partial charge on any atom is 0.133 e. The minimum atomic E-state index is 0.381. The minimum Gasteiger partial charge on any atom is -0.300 e. The van der Waals surface area contributed by atoms with Crippen molar-refractivity contribution in [3.63, 3.8) is 0 Å². The van der Waals surface area contributed by atoms with E-state index in [4.69, 9.17) is 0 Å². The Kier molecular flexibility index (Phi) is 2.44. The van der Waals surface area contributed by atoms with Crippen molar-refractivity contribution in [1.82, 2.24) is 0 Å². The molecule has 2 aliphatic carbocycles. The van der Waals surface area contributed by atoms with Crippen molar-refractivity contribution in [2.24, 2.45) is 11.3 Å². The number of hydrogen-bond acceptors (Lipinski definition) is 1. The molecule has 2 fully saturated rings. The second-order valence-electron chi connectivity index (χ2n) is 5.20. The molecule has 0 N–H and O–H groups in total. The molecule has 2 rings (SSSR count). The van der Waals surface area contributed by atoms with Gasteiger partial charge in [0, 0.05) is 12.8 Å². The van der Waals surface area contributed by atoms with Gasteiger partial charge in [-0.05, 0) is 37.0 Å². The first-order valence-corrected chi connectivity index (χ1v) is 5.72. The van der Waals surface area contributed by atoms with Gasteiger partial charge in [0.15, 0.2) is 0 Å². The molecule has 74 valence electrons. The SMILES string of the molecule is CC1(C2CCCC2)CCCC(=O)C1. The van der Waals surface area contributed by atoms with Crippen LogP contribution in [0.5, 0.6) is 0 Å². The van der Waals surface area contributed by atoms with Gasteiger partial charge < -0.3 is 0 Å². The number of carbonyl (C=O) groups is 1. The Morgan fingerprint density at radius 1 is 1.23 bits per heavy atom. The van der Waals surface area contributed by atoms with Crippen molar-refractivity contribution in [2.45, 2.75) is 58.3 Å². The van der Waals surface area contributed by atoms with Gasteiger partial charge in [-0.2, -0.15) is 0 Å². The van der Waals surface area contributed by atoms with E-state index in [0.717, 1.165) is 25.2 Å². The lowest BCUT2D eigenvalue weighted by Gasteiger charge is -2.38. The number of ketones is 1. The molecule has 1 atom stereocenters. The van der Waals surface area contributed by atoms with Gasteiger partial charge in [0.25, 0.3) is 0 Å². The molecule has 1 unspecified atom stereocenters. The van der Waals surface area contributed by atoms with Gasteiger partial charge in [-0.1, -0.05) is 19.8 Å². The summed E-state index contributed by atoms with van der Waals surface area (Å²) < 4.78 is 0. The predicted molar refractivity (Wildman–Crippen MR) is 53.5 cm³/mol. The second-order valence-corrected chi connectivity index (χ2v) is 5.20. The molecule has 0 radical (unpaired) electrons. The number of hydrogen-bond donors (Lipinski definition) is 0. The molecule has 0 aromatic rings. The van der Waals surface area contributed by atoms with Crippen LogP contribution in [-0.4, -0.2) is 5.78 Å². The summed E-state index contributed by atoms with van der Waals surface area (Å²) in [6, 6.07) is 0. The molecule has 1 nitrogen and oxygen atoms in total. The van der Waals surface area contributed by atoms with Crippen molar-refractivity contribution in [2.75, 3.05) is 0 Å². The molecule has 0 heterocycles. The van der Waals surface area contributed by atoms with Crippen molar-refractivity contribution in [1.29, 1.82) is 0 Å². The van der Waals surface area contributed by atoms with Crippen LogP contribution in [0.15, 0.2) is 0 Å². The molecule has 2 aliphatic rings. The Bertz CT molecular complexity index is 203. The minimum absolute atomic E-state index is 0.381. The smallest absolute Gasteiger partial charge is 0.133 e. The molecule has 0 aromatic heterocycles. The van der Waals surface area contributed by atoms with Crippen molar-refractivity contribution >= 4 is 5.78 Å². The standard InChI is InChI=1S/C12H20O/c1-12(10-5-2-3-6-10)8-4-7-11(13)9-12/h10H,2-9H2,1H3. The van der Waals surface area contributed by atoms with Gasteiger partial charge in [0.05, 0.1) is 0 Å². The van der Waals surface area contributed by atoms with E-state index in [1.54, 1.807) is 0 Å². The first kappa shape index (κ1) is 9.23. The summed E-state index contributed by atoms with van der Waals surface area (Å²) in [5, 5.41) is 0. The van der Waals surface area contributed by atoms with Crippen molar-refractivity contribution < 1.29 is 4.79 Å². The molecule has 0 aliphatic heterocycles. The van der Waals surface area contributed by atoms with Gasteiger partial charge in [-0.3, -0.25) is 4.79 Å². The van der Waals surface area contributed by atoms with E-state index in [0.29, 0.717) is 11.2 Å².